The molecule has 3 N–H and O–H groups in total. The molecule has 3 rings (SSSR count). The molecule has 0 atom stereocenters. The van der Waals surface area contributed by atoms with Crippen LogP contribution in [0.4, 0.5) is 0 Å². The van der Waals surface area contributed by atoms with Crippen molar-refractivity contribution >= 4 is 28.2 Å². The van der Waals surface area contributed by atoms with Crippen LogP contribution in [0.25, 0.3) is 10.9 Å². The van der Waals surface area contributed by atoms with Gasteiger partial charge in [0.2, 0.25) is 0 Å². The molecule has 0 aliphatic heterocycles. The Kier molecular flexibility index (Phi) is 7.08. The van der Waals surface area contributed by atoms with Crippen LogP contribution in [0.1, 0.15) is 55.2 Å². The predicted molar refractivity (Wildman–Crippen MR) is 119 cm³/mol. The van der Waals surface area contributed by atoms with Crippen LogP contribution in [0.15, 0.2) is 23.0 Å². The van der Waals surface area contributed by atoms with Crippen molar-refractivity contribution in [2.45, 2.75) is 65.0 Å². The molecule has 0 unspecified atom stereocenters. The molecule has 1 aromatic heterocycles. The van der Waals surface area contributed by atoms with Crippen LogP contribution in [0.3, 0.4) is 0 Å². The number of aliphatic hydroxyl groups is 1. The lowest BCUT2D eigenvalue weighted by atomic mass is 9.96. The molecule has 5 nitrogen and oxygen atoms in total. The third-order valence-corrected chi connectivity index (χ3v) is 5.91. The third kappa shape index (κ3) is 5.11. The summed E-state index contributed by atoms with van der Waals surface area (Å²) < 4.78 is 0. The van der Waals surface area contributed by atoms with Gasteiger partial charge in [0.1, 0.15) is 0 Å². The average molecular weight is 402 g/mol. The summed E-state index contributed by atoms with van der Waals surface area (Å²) in [5.74, 6) is 0. The van der Waals surface area contributed by atoms with Crippen LogP contribution in [-0.4, -0.2) is 39.3 Å². The number of fused-ring (bicyclic) bond motifs is 1. The summed E-state index contributed by atoms with van der Waals surface area (Å²) >= 11 is 5.67. The highest BCUT2D eigenvalue weighted by Gasteiger charge is 2.18. The second-order valence-electron chi connectivity index (χ2n) is 7.95. The van der Waals surface area contributed by atoms with Crippen LogP contribution in [0, 0.1) is 13.8 Å². The number of benzene rings is 1. The monoisotopic (exact) mass is 401 g/mol. The standard InChI is InChI=1S/C22H31N3O2S/c1-15-11-16(2)20-17(12-15)13-18(21(27)24-20)14-25(9-6-10-26)22(28)23-19-7-4-3-5-8-19/h11-13,19,26H,3-10,14H2,1-2H3,(H,23,28)(H,24,27). The quantitative estimate of drug-likeness (QED) is 0.646. The van der Waals surface area contributed by atoms with Gasteiger partial charge in [0.15, 0.2) is 5.11 Å². The number of aliphatic hydroxyl groups excluding tert-OH is 1. The summed E-state index contributed by atoms with van der Waals surface area (Å²) in [7, 11) is 0. The van der Waals surface area contributed by atoms with Gasteiger partial charge in [-0.25, -0.2) is 0 Å². The molecule has 0 amide bonds. The van der Waals surface area contributed by atoms with Gasteiger partial charge in [0, 0.05) is 24.8 Å². The Morgan fingerprint density at radius 3 is 2.71 bits per heavy atom. The van der Waals surface area contributed by atoms with Crippen LogP contribution in [-0.2, 0) is 6.54 Å². The fourth-order valence-corrected chi connectivity index (χ4v) is 4.40. The number of nitrogens with one attached hydrogen (secondary N) is 2. The first kappa shape index (κ1) is 20.8. The lowest BCUT2D eigenvalue weighted by Gasteiger charge is -2.30. The maximum atomic E-state index is 12.7. The van der Waals surface area contributed by atoms with E-state index >= 15 is 0 Å². The third-order valence-electron chi connectivity index (χ3n) is 5.54. The van der Waals surface area contributed by atoms with E-state index < -0.39 is 0 Å². The molecule has 1 fully saturated rings. The van der Waals surface area contributed by atoms with Gasteiger partial charge in [-0.2, -0.15) is 0 Å². The molecule has 1 saturated carbocycles. The zero-order valence-corrected chi connectivity index (χ0v) is 17.7. The molecular formula is C22H31N3O2S. The fourth-order valence-electron chi connectivity index (χ4n) is 4.08. The van der Waals surface area contributed by atoms with E-state index in [1.165, 1.54) is 24.8 Å². The van der Waals surface area contributed by atoms with Crippen molar-refractivity contribution in [3.05, 3.63) is 45.2 Å². The highest BCUT2D eigenvalue weighted by molar-refractivity contribution is 7.80. The molecule has 0 saturated heterocycles. The van der Waals surface area contributed by atoms with E-state index in [1.54, 1.807) is 0 Å². The molecular weight excluding hydrogens is 370 g/mol. The van der Waals surface area contributed by atoms with Gasteiger partial charge < -0.3 is 20.3 Å². The summed E-state index contributed by atoms with van der Waals surface area (Å²) in [4.78, 5) is 17.8. The number of pyridine rings is 1. The Morgan fingerprint density at radius 1 is 1.25 bits per heavy atom. The zero-order valence-electron chi connectivity index (χ0n) is 16.9. The van der Waals surface area contributed by atoms with Crippen molar-refractivity contribution in [1.29, 1.82) is 0 Å². The number of thiocarbonyl (C=S) groups is 1. The number of H-pyrrole nitrogens is 1. The molecule has 1 aromatic carbocycles. The molecule has 1 aliphatic rings. The fraction of sp³-hybridized carbons (Fsp3) is 0.545. The first-order valence-electron chi connectivity index (χ1n) is 10.3. The number of nitrogens with zero attached hydrogens (tertiary/aromatic N) is 1. The van der Waals surface area contributed by atoms with E-state index in [9.17, 15) is 9.90 Å². The second-order valence-corrected chi connectivity index (χ2v) is 8.34. The SMILES string of the molecule is Cc1cc(C)c2[nH]c(=O)c(CN(CCCO)C(=S)NC3CCCCC3)cc2c1. The van der Waals surface area contributed by atoms with Gasteiger partial charge in [-0.3, -0.25) is 4.79 Å². The zero-order chi connectivity index (χ0) is 20.1. The molecule has 6 heteroatoms. The second kappa shape index (κ2) is 9.52. The Labute approximate surface area is 172 Å². The Bertz CT molecular complexity index is 887. The van der Waals surface area contributed by atoms with Gasteiger partial charge >= 0.3 is 0 Å². The molecule has 1 heterocycles. The summed E-state index contributed by atoms with van der Waals surface area (Å²) in [6, 6.07) is 6.56. The summed E-state index contributed by atoms with van der Waals surface area (Å²) in [5, 5.41) is 14.5. The summed E-state index contributed by atoms with van der Waals surface area (Å²) in [6.45, 7) is 5.25. The normalized spacial score (nSPS) is 15.0. The van der Waals surface area contributed by atoms with Crippen molar-refractivity contribution in [1.82, 2.24) is 15.2 Å². The average Bonchev–Trinajstić information content (AvgIpc) is 2.66. The number of aromatic amines is 1. The molecule has 2 aromatic rings. The van der Waals surface area contributed by atoms with Gasteiger partial charge in [-0.05, 0) is 68.4 Å². The van der Waals surface area contributed by atoms with Crippen molar-refractivity contribution < 1.29 is 5.11 Å². The van der Waals surface area contributed by atoms with Crippen LogP contribution in [0.5, 0.6) is 0 Å². The number of aryl methyl sites for hydroxylation is 2. The van der Waals surface area contributed by atoms with E-state index in [4.69, 9.17) is 12.2 Å². The van der Waals surface area contributed by atoms with E-state index in [0.29, 0.717) is 36.2 Å². The lowest BCUT2D eigenvalue weighted by Crippen LogP contribution is -2.46. The molecule has 28 heavy (non-hydrogen) atoms. The first-order chi connectivity index (χ1) is 13.5. The summed E-state index contributed by atoms with van der Waals surface area (Å²) in [5.41, 5.74) is 3.77. The largest absolute Gasteiger partial charge is 0.396 e. The Morgan fingerprint density at radius 2 is 2.00 bits per heavy atom. The van der Waals surface area contributed by atoms with Crippen molar-refractivity contribution in [3.8, 4) is 0 Å². The van der Waals surface area contributed by atoms with Gasteiger partial charge in [0.25, 0.3) is 5.56 Å². The molecule has 0 radical (unpaired) electrons. The van der Waals surface area contributed by atoms with E-state index in [0.717, 1.165) is 29.3 Å². The Hall–Kier alpha value is -1.92. The smallest absolute Gasteiger partial charge is 0.253 e. The van der Waals surface area contributed by atoms with Gasteiger partial charge in [-0.1, -0.05) is 30.9 Å². The molecule has 0 spiro atoms. The minimum absolute atomic E-state index is 0.0751. The minimum atomic E-state index is -0.0751. The van der Waals surface area contributed by atoms with Crippen LogP contribution < -0.4 is 10.9 Å². The number of hydrogen-bond donors (Lipinski definition) is 3. The van der Waals surface area contributed by atoms with Crippen molar-refractivity contribution in [2.24, 2.45) is 0 Å². The first-order valence-corrected chi connectivity index (χ1v) is 10.7. The maximum Gasteiger partial charge on any atom is 0.253 e. The lowest BCUT2D eigenvalue weighted by molar-refractivity contribution is 0.262. The van der Waals surface area contributed by atoms with E-state index in [-0.39, 0.29) is 12.2 Å². The molecule has 0 bridgehead atoms. The predicted octanol–water partition coefficient (Wildman–Crippen LogP) is 3.54. The van der Waals surface area contributed by atoms with Gasteiger partial charge in [0.05, 0.1) is 12.1 Å². The van der Waals surface area contributed by atoms with E-state index in [2.05, 4.69) is 29.4 Å². The maximum absolute atomic E-state index is 12.7. The van der Waals surface area contributed by atoms with Gasteiger partial charge in [-0.15, -0.1) is 0 Å². The van der Waals surface area contributed by atoms with E-state index in [1.807, 2.05) is 17.9 Å². The topological polar surface area (TPSA) is 68.4 Å². The van der Waals surface area contributed by atoms with Crippen molar-refractivity contribution in [2.75, 3.05) is 13.2 Å². The Balaban J connectivity index is 1.82. The highest BCUT2D eigenvalue weighted by atomic mass is 32.1. The number of rotatable bonds is 6. The molecule has 152 valence electrons. The molecule has 1 aliphatic carbocycles. The summed E-state index contributed by atoms with van der Waals surface area (Å²) in [6.07, 6.45) is 6.67. The van der Waals surface area contributed by atoms with Crippen molar-refractivity contribution in [3.63, 3.8) is 0 Å². The number of aromatic nitrogens is 1. The van der Waals surface area contributed by atoms with Crippen LogP contribution in [0.2, 0.25) is 0 Å². The highest BCUT2D eigenvalue weighted by Crippen LogP contribution is 2.20. The minimum Gasteiger partial charge on any atom is -0.396 e. The van der Waals surface area contributed by atoms with Crippen LogP contribution >= 0.6 is 12.2 Å². The number of hydrogen-bond acceptors (Lipinski definition) is 3.